The van der Waals surface area contributed by atoms with Crippen molar-refractivity contribution in [1.29, 1.82) is 0 Å². The highest BCUT2D eigenvalue weighted by Crippen LogP contribution is 2.32. The van der Waals surface area contributed by atoms with Crippen LogP contribution in [0.2, 0.25) is 0 Å². The maximum Gasteiger partial charge on any atom is 0.264 e. The van der Waals surface area contributed by atoms with Crippen molar-refractivity contribution in [2.75, 3.05) is 0 Å². The lowest BCUT2D eigenvalue weighted by molar-refractivity contribution is 0.473. The molecule has 5 nitrogen and oxygen atoms in total. The number of rotatable bonds is 5. The number of para-hydroxylation sites is 1. The highest BCUT2D eigenvalue weighted by Gasteiger charge is 2.24. The quantitative estimate of drug-likeness (QED) is 0.455. The van der Waals surface area contributed by atoms with E-state index in [0.717, 1.165) is 16.1 Å². The third-order valence-electron chi connectivity index (χ3n) is 5.50. The van der Waals surface area contributed by atoms with Gasteiger partial charge in [-0.2, -0.15) is 0 Å². The van der Waals surface area contributed by atoms with E-state index in [1.54, 1.807) is 22.8 Å². The molecule has 0 bridgehead atoms. The number of thiazole rings is 1. The Morgan fingerprint density at radius 3 is 2.29 bits per heavy atom. The second kappa shape index (κ2) is 8.47. The molecule has 1 unspecified atom stereocenters. The smallest absolute Gasteiger partial charge is 0.264 e. The van der Waals surface area contributed by atoms with E-state index in [4.69, 9.17) is 4.98 Å². The van der Waals surface area contributed by atoms with Crippen molar-refractivity contribution in [2.45, 2.75) is 40.2 Å². The van der Waals surface area contributed by atoms with E-state index in [0.29, 0.717) is 34.1 Å². The SMILES string of the molecule is Cc1nc(-c2c(C)nc(-c3ccccc3O)n(C(C)Cc3ccccc3)c2=O)sc1C. The average molecular weight is 432 g/mol. The summed E-state index contributed by atoms with van der Waals surface area (Å²) in [5, 5.41) is 11.2. The molecule has 2 aromatic carbocycles. The first-order chi connectivity index (χ1) is 14.9. The van der Waals surface area contributed by atoms with Crippen molar-refractivity contribution in [3.8, 4) is 27.7 Å². The predicted octanol–water partition coefficient (Wildman–Crippen LogP) is 5.47. The molecule has 1 N–H and O–H groups in total. The summed E-state index contributed by atoms with van der Waals surface area (Å²) in [6, 6.07) is 16.9. The monoisotopic (exact) mass is 431 g/mol. The van der Waals surface area contributed by atoms with Gasteiger partial charge < -0.3 is 5.11 Å². The lowest BCUT2D eigenvalue weighted by atomic mass is 10.1. The summed E-state index contributed by atoms with van der Waals surface area (Å²) in [6.45, 7) is 7.80. The molecule has 31 heavy (non-hydrogen) atoms. The Morgan fingerprint density at radius 2 is 1.65 bits per heavy atom. The molecule has 0 aliphatic carbocycles. The van der Waals surface area contributed by atoms with Gasteiger partial charge in [0.2, 0.25) is 0 Å². The summed E-state index contributed by atoms with van der Waals surface area (Å²) >= 11 is 1.51. The van der Waals surface area contributed by atoms with Crippen LogP contribution in [0.3, 0.4) is 0 Å². The van der Waals surface area contributed by atoms with Crippen LogP contribution in [0.5, 0.6) is 5.75 Å². The molecule has 0 spiro atoms. The molecule has 0 aliphatic rings. The lowest BCUT2D eigenvalue weighted by Gasteiger charge is -2.21. The van der Waals surface area contributed by atoms with Gasteiger partial charge in [-0.15, -0.1) is 11.3 Å². The fourth-order valence-corrected chi connectivity index (χ4v) is 4.78. The van der Waals surface area contributed by atoms with Gasteiger partial charge in [-0.3, -0.25) is 9.36 Å². The first-order valence-electron chi connectivity index (χ1n) is 10.3. The highest BCUT2D eigenvalue weighted by molar-refractivity contribution is 7.15. The minimum absolute atomic E-state index is 0.100. The van der Waals surface area contributed by atoms with Crippen LogP contribution in [-0.2, 0) is 6.42 Å². The summed E-state index contributed by atoms with van der Waals surface area (Å²) < 4.78 is 1.70. The van der Waals surface area contributed by atoms with Crippen LogP contribution < -0.4 is 5.56 Å². The van der Waals surface area contributed by atoms with Crippen LogP contribution in [0.25, 0.3) is 22.0 Å². The fourth-order valence-electron chi connectivity index (χ4n) is 3.77. The minimum atomic E-state index is -0.168. The van der Waals surface area contributed by atoms with Gasteiger partial charge in [0.15, 0.2) is 0 Å². The van der Waals surface area contributed by atoms with Crippen LogP contribution in [-0.4, -0.2) is 19.6 Å². The van der Waals surface area contributed by atoms with E-state index in [2.05, 4.69) is 17.1 Å². The van der Waals surface area contributed by atoms with Gasteiger partial charge in [0.05, 0.1) is 22.5 Å². The largest absolute Gasteiger partial charge is 0.507 e. The van der Waals surface area contributed by atoms with Crippen molar-refractivity contribution in [2.24, 2.45) is 0 Å². The number of aryl methyl sites for hydroxylation is 3. The maximum atomic E-state index is 13.9. The first-order valence-corrected chi connectivity index (χ1v) is 11.1. The van der Waals surface area contributed by atoms with Crippen LogP contribution in [0.1, 0.15) is 34.8 Å². The standard InChI is InChI=1S/C25H25N3O2S/c1-15(14-19-10-6-5-7-11-19)28-23(20-12-8-9-13-21(20)29)26-17(3)22(25(28)30)24-27-16(2)18(4)31-24/h5-13,15,29H,14H2,1-4H3. The van der Waals surface area contributed by atoms with Gasteiger partial charge in [0, 0.05) is 10.9 Å². The van der Waals surface area contributed by atoms with E-state index in [9.17, 15) is 9.90 Å². The number of aromatic hydroxyl groups is 1. The Hall–Kier alpha value is -3.25. The van der Waals surface area contributed by atoms with Crippen molar-refractivity contribution in [1.82, 2.24) is 14.5 Å². The summed E-state index contributed by atoms with van der Waals surface area (Å²) in [7, 11) is 0. The first kappa shape index (κ1) is 21.0. The number of benzene rings is 2. The number of hydrogen-bond acceptors (Lipinski definition) is 5. The Balaban J connectivity index is 1.95. The van der Waals surface area contributed by atoms with Crippen LogP contribution in [0, 0.1) is 20.8 Å². The van der Waals surface area contributed by atoms with Gasteiger partial charge in [-0.1, -0.05) is 42.5 Å². The fraction of sp³-hybridized carbons (Fsp3) is 0.240. The zero-order chi connectivity index (χ0) is 22.1. The van der Waals surface area contributed by atoms with E-state index in [1.165, 1.54) is 11.3 Å². The van der Waals surface area contributed by atoms with Crippen molar-refractivity contribution < 1.29 is 5.11 Å². The van der Waals surface area contributed by atoms with Gasteiger partial charge >= 0.3 is 0 Å². The van der Waals surface area contributed by atoms with Gasteiger partial charge in [0.1, 0.15) is 16.6 Å². The molecule has 0 saturated carbocycles. The zero-order valence-electron chi connectivity index (χ0n) is 18.1. The van der Waals surface area contributed by atoms with E-state index in [1.807, 2.05) is 52.0 Å². The normalized spacial score (nSPS) is 12.1. The molecular formula is C25H25N3O2S. The molecule has 0 saturated heterocycles. The van der Waals surface area contributed by atoms with Gasteiger partial charge in [-0.25, -0.2) is 9.97 Å². The Morgan fingerprint density at radius 1 is 0.968 bits per heavy atom. The third kappa shape index (κ3) is 4.03. The molecule has 2 aromatic heterocycles. The highest BCUT2D eigenvalue weighted by atomic mass is 32.1. The molecule has 0 fully saturated rings. The molecular weight excluding hydrogens is 406 g/mol. The maximum absolute atomic E-state index is 13.9. The molecule has 6 heteroatoms. The summed E-state index contributed by atoms with van der Waals surface area (Å²) in [5.74, 6) is 0.570. The number of aromatic nitrogens is 3. The zero-order valence-corrected chi connectivity index (χ0v) is 18.9. The number of phenols is 1. The minimum Gasteiger partial charge on any atom is -0.507 e. The molecule has 1 atom stereocenters. The van der Waals surface area contributed by atoms with Crippen molar-refractivity contribution in [3.05, 3.63) is 86.8 Å². The van der Waals surface area contributed by atoms with Gasteiger partial charge in [0.25, 0.3) is 5.56 Å². The average Bonchev–Trinajstić information content (AvgIpc) is 3.06. The summed E-state index contributed by atoms with van der Waals surface area (Å²) in [6.07, 6.45) is 0.668. The number of phenolic OH excluding ortho intramolecular Hbond substituents is 1. The second-order valence-corrected chi connectivity index (χ2v) is 8.99. The Labute approximate surface area is 185 Å². The van der Waals surface area contributed by atoms with Crippen molar-refractivity contribution in [3.63, 3.8) is 0 Å². The molecule has 0 amide bonds. The van der Waals surface area contributed by atoms with Gasteiger partial charge in [-0.05, 0) is 51.8 Å². The van der Waals surface area contributed by atoms with Crippen molar-refractivity contribution >= 4 is 11.3 Å². The molecule has 0 radical (unpaired) electrons. The summed E-state index contributed by atoms with van der Waals surface area (Å²) in [5.41, 5.74) is 3.60. The van der Waals surface area contributed by atoms with Crippen LogP contribution in [0.15, 0.2) is 59.4 Å². The predicted molar refractivity (Wildman–Crippen MR) is 126 cm³/mol. The lowest BCUT2D eigenvalue weighted by Crippen LogP contribution is -2.29. The van der Waals surface area contributed by atoms with Crippen LogP contribution in [0.4, 0.5) is 0 Å². The molecule has 4 rings (SSSR count). The Bertz CT molecular complexity index is 1270. The third-order valence-corrected chi connectivity index (χ3v) is 6.59. The topological polar surface area (TPSA) is 68.0 Å². The molecule has 2 heterocycles. The summed E-state index contributed by atoms with van der Waals surface area (Å²) in [4.78, 5) is 24.4. The molecule has 0 aliphatic heterocycles. The molecule has 4 aromatic rings. The molecule has 158 valence electrons. The van der Waals surface area contributed by atoms with E-state index in [-0.39, 0.29) is 17.4 Å². The van der Waals surface area contributed by atoms with E-state index < -0.39 is 0 Å². The van der Waals surface area contributed by atoms with E-state index >= 15 is 0 Å². The van der Waals surface area contributed by atoms with Crippen LogP contribution >= 0.6 is 11.3 Å². The number of nitrogens with zero attached hydrogens (tertiary/aromatic N) is 3. The Kier molecular flexibility index (Phi) is 5.74. The number of hydrogen-bond donors (Lipinski definition) is 1. The second-order valence-electron chi connectivity index (χ2n) is 7.79.